The van der Waals surface area contributed by atoms with Gasteiger partial charge in [0, 0.05) is 9.79 Å². The summed E-state index contributed by atoms with van der Waals surface area (Å²) in [7, 11) is 0. The molecular formula is C22H20O2S2. The molecule has 2 nitrogen and oxygen atoms in total. The molecule has 0 bridgehead atoms. The summed E-state index contributed by atoms with van der Waals surface area (Å²) in [5, 5.41) is -0.122. The van der Waals surface area contributed by atoms with E-state index in [-0.39, 0.29) is 10.2 Å². The van der Waals surface area contributed by atoms with Gasteiger partial charge in [-0.15, -0.1) is 0 Å². The van der Waals surface area contributed by atoms with Crippen molar-refractivity contribution in [3.63, 3.8) is 0 Å². The van der Waals surface area contributed by atoms with Crippen molar-refractivity contribution in [2.45, 2.75) is 23.6 Å². The van der Waals surface area contributed by atoms with Crippen LogP contribution in [-0.2, 0) is 9.59 Å². The minimum Gasteiger partial charge on any atom is -0.282 e. The number of thioether (sulfide) groups is 2. The molecule has 0 atom stereocenters. The highest BCUT2D eigenvalue weighted by molar-refractivity contribution is 8.14. The van der Waals surface area contributed by atoms with Crippen molar-refractivity contribution < 1.29 is 9.59 Å². The summed E-state index contributed by atoms with van der Waals surface area (Å²) in [5.41, 5.74) is 4.55. The van der Waals surface area contributed by atoms with Crippen molar-refractivity contribution in [3.8, 4) is 0 Å². The van der Waals surface area contributed by atoms with Crippen LogP contribution in [0.1, 0.15) is 25.0 Å². The van der Waals surface area contributed by atoms with Crippen LogP contribution in [0.2, 0.25) is 0 Å². The van der Waals surface area contributed by atoms with E-state index >= 15 is 0 Å². The summed E-state index contributed by atoms with van der Waals surface area (Å²) in [4.78, 5) is 24.6. The number of rotatable bonds is 6. The van der Waals surface area contributed by atoms with Crippen molar-refractivity contribution in [2.75, 3.05) is 0 Å². The molecule has 0 radical (unpaired) electrons. The lowest BCUT2D eigenvalue weighted by Crippen LogP contribution is -1.89. The summed E-state index contributed by atoms with van der Waals surface area (Å²) in [6.07, 6.45) is 2.64. The smallest absolute Gasteiger partial charge is 0.216 e. The molecule has 2 aromatic rings. The SMILES string of the molecule is C=CC(=O)Sc1ccc(/C(C)=C(\C)c2ccc(SC(=O)C=C)cc2)cc1. The molecule has 0 aliphatic heterocycles. The highest BCUT2D eigenvalue weighted by Crippen LogP contribution is 2.29. The largest absolute Gasteiger partial charge is 0.282 e. The number of carbonyl (C=O) groups is 2. The van der Waals surface area contributed by atoms with E-state index in [4.69, 9.17) is 0 Å². The molecule has 0 aliphatic rings. The lowest BCUT2D eigenvalue weighted by atomic mass is 9.97. The van der Waals surface area contributed by atoms with E-state index in [1.807, 2.05) is 48.5 Å². The lowest BCUT2D eigenvalue weighted by molar-refractivity contribution is -0.107. The molecule has 0 unspecified atom stereocenters. The molecule has 0 heterocycles. The topological polar surface area (TPSA) is 34.1 Å². The summed E-state index contributed by atoms with van der Waals surface area (Å²) >= 11 is 2.33. The van der Waals surface area contributed by atoms with Gasteiger partial charge in [-0.1, -0.05) is 37.4 Å². The van der Waals surface area contributed by atoms with Crippen LogP contribution >= 0.6 is 23.5 Å². The Labute approximate surface area is 163 Å². The first-order chi connectivity index (χ1) is 12.4. The molecule has 2 aromatic carbocycles. The van der Waals surface area contributed by atoms with Gasteiger partial charge in [0.25, 0.3) is 0 Å². The van der Waals surface area contributed by atoms with Crippen molar-refractivity contribution in [1.82, 2.24) is 0 Å². The second kappa shape index (κ2) is 9.41. The molecule has 4 heteroatoms. The van der Waals surface area contributed by atoms with E-state index in [9.17, 15) is 9.59 Å². The van der Waals surface area contributed by atoms with E-state index in [0.29, 0.717) is 0 Å². The number of allylic oxidation sites excluding steroid dienone is 2. The molecule has 0 aromatic heterocycles. The van der Waals surface area contributed by atoms with Gasteiger partial charge in [-0.3, -0.25) is 9.59 Å². The Morgan fingerprint density at radius 1 is 0.692 bits per heavy atom. The van der Waals surface area contributed by atoms with Crippen LogP contribution in [-0.4, -0.2) is 10.2 Å². The second-order valence-electron chi connectivity index (χ2n) is 5.55. The monoisotopic (exact) mass is 380 g/mol. The number of hydrogen-bond donors (Lipinski definition) is 0. The van der Waals surface area contributed by atoms with E-state index in [0.717, 1.165) is 20.9 Å². The van der Waals surface area contributed by atoms with E-state index in [1.165, 1.54) is 46.8 Å². The fourth-order valence-electron chi connectivity index (χ4n) is 2.29. The zero-order valence-corrected chi connectivity index (χ0v) is 16.5. The maximum Gasteiger partial charge on any atom is 0.216 e. The van der Waals surface area contributed by atoms with Gasteiger partial charge in [0.05, 0.1) is 0 Å². The maximum atomic E-state index is 11.4. The zero-order valence-electron chi connectivity index (χ0n) is 14.8. The highest BCUT2D eigenvalue weighted by Gasteiger charge is 2.06. The first-order valence-electron chi connectivity index (χ1n) is 8.01. The van der Waals surface area contributed by atoms with Gasteiger partial charge >= 0.3 is 0 Å². The Balaban J connectivity index is 2.20. The molecule has 0 spiro atoms. The number of carbonyl (C=O) groups excluding carboxylic acids is 2. The van der Waals surface area contributed by atoms with Gasteiger partial charge in [0.2, 0.25) is 10.2 Å². The van der Waals surface area contributed by atoms with Crippen molar-refractivity contribution in [2.24, 2.45) is 0 Å². The first kappa shape index (κ1) is 20.0. The fourth-order valence-corrected chi connectivity index (χ4v) is 3.47. The van der Waals surface area contributed by atoms with Crippen LogP contribution in [0.15, 0.2) is 83.6 Å². The Kier molecular flexibility index (Phi) is 7.25. The zero-order chi connectivity index (χ0) is 19.1. The predicted molar refractivity (Wildman–Crippen MR) is 113 cm³/mol. The molecule has 132 valence electrons. The van der Waals surface area contributed by atoms with Crippen LogP contribution in [0.5, 0.6) is 0 Å². The van der Waals surface area contributed by atoms with Crippen LogP contribution in [0.3, 0.4) is 0 Å². The maximum absolute atomic E-state index is 11.4. The van der Waals surface area contributed by atoms with Crippen LogP contribution < -0.4 is 0 Å². The molecule has 0 saturated heterocycles. The van der Waals surface area contributed by atoms with Gasteiger partial charge < -0.3 is 0 Å². The van der Waals surface area contributed by atoms with Gasteiger partial charge in [0.15, 0.2) is 0 Å². The van der Waals surface area contributed by atoms with Gasteiger partial charge in [-0.25, -0.2) is 0 Å². The predicted octanol–water partition coefficient (Wildman–Crippen LogP) is 6.25. The van der Waals surface area contributed by atoms with Gasteiger partial charge in [0.1, 0.15) is 0 Å². The molecule has 0 saturated carbocycles. The Morgan fingerprint density at radius 3 is 1.27 bits per heavy atom. The first-order valence-corrected chi connectivity index (χ1v) is 9.64. The van der Waals surface area contributed by atoms with E-state index < -0.39 is 0 Å². The van der Waals surface area contributed by atoms with Gasteiger partial charge in [-0.2, -0.15) is 0 Å². The summed E-state index contributed by atoms with van der Waals surface area (Å²) in [6.45, 7) is 11.1. The fraction of sp³-hybridized carbons (Fsp3) is 0.0909. The molecule has 0 N–H and O–H groups in total. The number of hydrogen-bond acceptors (Lipinski definition) is 4. The molecular weight excluding hydrogens is 360 g/mol. The van der Waals surface area contributed by atoms with Crippen LogP contribution in [0.4, 0.5) is 0 Å². The average molecular weight is 381 g/mol. The molecule has 0 amide bonds. The van der Waals surface area contributed by atoms with Crippen molar-refractivity contribution in [1.29, 1.82) is 0 Å². The normalized spacial score (nSPS) is 11.5. The molecule has 2 rings (SSSR count). The van der Waals surface area contributed by atoms with Crippen LogP contribution in [0, 0.1) is 0 Å². The summed E-state index contributed by atoms with van der Waals surface area (Å²) in [5.74, 6) is 0. The summed E-state index contributed by atoms with van der Waals surface area (Å²) in [6, 6.07) is 15.8. The summed E-state index contributed by atoms with van der Waals surface area (Å²) < 4.78 is 0. The lowest BCUT2D eigenvalue weighted by Gasteiger charge is -2.10. The minimum atomic E-state index is -0.0610. The third-order valence-corrected chi connectivity index (χ3v) is 5.66. The third-order valence-electron chi connectivity index (χ3n) is 3.91. The van der Waals surface area contributed by atoms with Gasteiger partial charge in [-0.05, 0) is 96.1 Å². The standard InChI is InChI=1S/C22H20O2S2/c1-5-21(23)25-19-11-7-17(8-12-19)15(3)16(4)18-9-13-20(14-10-18)26-22(24)6-2/h5-14H,1-2H2,3-4H3/b16-15+. The molecule has 0 aliphatic carbocycles. The van der Waals surface area contributed by atoms with Crippen molar-refractivity contribution >= 4 is 44.9 Å². The molecule has 0 fully saturated rings. The Bertz CT molecular complexity index is 787. The van der Waals surface area contributed by atoms with Crippen LogP contribution in [0.25, 0.3) is 11.1 Å². The second-order valence-corrected chi connectivity index (χ2v) is 7.70. The highest BCUT2D eigenvalue weighted by atomic mass is 32.2. The van der Waals surface area contributed by atoms with E-state index in [2.05, 4.69) is 27.0 Å². The molecule has 26 heavy (non-hydrogen) atoms. The van der Waals surface area contributed by atoms with E-state index in [1.54, 1.807) is 0 Å². The average Bonchev–Trinajstić information content (AvgIpc) is 2.67. The van der Waals surface area contributed by atoms with Crippen molar-refractivity contribution in [3.05, 3.63) is 85.0 Å². The quantitative estimate of drug-likeness (QED) is 0.337. The minimum absolute atomic E-state index is 0.0610. The Morgan fingerprint density at radius 2 is 1.00 bits per heavy atom. The number of benzene rings is 2. The third kappa shape index (κ3) is 5.35. The Hall–Kier alpha value is -2.30.